The number of carboxylic acids is 2. The van der Waals surface area contributed by atoms with Crippen molar-refractivity contribution in [2.24, 2.45) is 0 Å². The maximum Gasteiger partial charge on any atom is 0.326 e. The maximum atomic E-state index is 11.3. The van der Waals surface area contributed by atoms with Gasteiger partial charge in [0.25, 0.3) is 0 Å². The molecule has 98 valence electrons. The summed E-state index contributed by atoms with van der Waals surface area (Å²) < 4.78 is 0. The number of thioether (sulfide) groups is 1. The molecular formula is C9H16N2O5S. The Morgan fingerprint density at radius 1 is 1.29 bits per heavy atom. The van der Waals surface area contributed by atoms with Crippen molar-refractivity contribution in [3.05, 3.63) is 0 Å². The first kappa shape index (κ1) is 15.6. The SMILES string of the molecule is CSC(C)CNC(=O)NC(CC(=O)O)C(=O)O. The van der Waals surface area contributed by atoms with E-state index in [2.05, 4.69) is 10.6 Å². The predicted molar refractivity (Wildman–Crippen MR) is 63.2 cm³/mol. The van der Waals surface area contributed by atoms with Crippen LogP contribution in [0.2, 0.25) is 0 Å². The second-order valence-corrected chi connectivity index (χ2v) is 4.67. The molecule has 0 fully saturated rings. The lowest BCUT2D eigenvalue weighted by Crippen LogP contribution is -2.48. The summed E-state index contributed by atoms with van der Waals surface area (Å²) in [5, 5.41) is 21.9. The fraction of sp³-hybridized carbons (Fsp3) is 0.667. The molecule has 2 amide bonds. The number of carbonyl (C=O) groups is 3. The Morgan fingerprint density at radius 2 is 1.88 bits per heavy atom. The molecule has 0 heterocycles. The molecule has 8 heteroatoms. The summed E-state index contributed by atoms with van der Waals surface area (Å²) in [6.07, 6.45) is 1.23. The summed E-state index contributed by atoms with van der Waals surface area (Å²) in [6, 6.07) is -2.10. The van der Waals surface area contributed by atoms with Gasteiger partial charge in [-0.1, -0.05) is 6.92 Å². The zero-order chi connectivity index (χ0) is 13.4. The normalized spacial score (nSPS) is 13.5. The van der Waals surface area contributed by atoms with Crippen molar-refractivity contribution in [2.75, 3.05) is 12.8 Å². The second kappa shape index (κ2) is 7.77. The number of carboxylic acid groups (broad SMARTS) is 2. The lowest BCUT2D eigenvalue weighted by Gasteiger charge is -2.14. The minimum atomic E-state index is -1.42. The van der Waals surface area contributed by atoms with Crippen molar-refractivity contribution in [2.45, 2.75) is 24.6 Å². The molecule has 0 aliphatic heterocycles. The van der Waals surface area contributed by atoms with Gasteiger partial charge in [-0.3, -0.25) is 4.79 Å². The number of aliphatic carboxylic acids is 2. The molecule has 0 saturated carbocycles. The Balaban J connectivity index is 4.13. The van der Waals surface area contributed by atoms with Gasteiger partial charge in [-0.2, -0.15) is 11.8 Å². The molecule has 0 saturated heterocycles. The highest BCUT2D eigenvalue weighted by atomic mass is 32.2. The minimum Gasteiger partial charge on any atom is -0.481 e. The third-order valence-corrected chi connectivity index (χ3v) is 2.91. The molecule has 0 aromatic heterocycles. The highest BCUT2D eigenvalue weighted by Gasteiger charge is 2.22. The van der Waals surface area contributed by atoms with E-state index >= 15 is 0 Å². The third kappa shape index (κ3) is 7.45. The topological polar surface area (TPSA) is 116 Å². The van der Waals surface area contributed by atoms with Crippen LogP contribution < -0.4 is 10.6 Å². The molecule has 0 rings (SSSR count). The second-order valence-electron chi connectivity index (χ2n) is 3.39. The van der Waals surface area contributed by atoms with E-state index in [1.165, 1.54) is 0 Å². The highest BCUT2D eigenvalue weighted by molar-refractivity contribution is 7.99. The monoisotopic (exact) mass is 264 g/mol. The molecule has 0 bridgehead atoms. The van der Waals surface area contributed by atoms with E-state index in [-0.39, 0.29) is 5.25 Å². The van der Waals surface area contributed by atoms with E-state index in [4.69, 9.17) is 10.2 Å². The van der Waals surface area contributed by atoms with Crippen molar-refractivity contribution < 1.29 is 24.6 Å². The zero-order valence-corrected chi connectivity index (χ0v) is 10.4. The van der Waals surface area contributed by atoms with E-state index in [1.807, 2.05) is 13.2 Å². The zero-order valence-electron chi connectivity index (χ0n) is 9.60. The maximum absolute atomic E-state index is 11.3. The van der Waals surface area contributed by atoms with Crippen LogP contribution >= 0.6 is 11.8 Å². The van der Waals surface area contributed by atoms with Crippen LogP contribution in [0.1, 0.15) is 13.3 Å². The van der Waals surface area contributed by atoms with Crippen LogP contribution in [0.5, 0.6) is 0 Å². The van der Waals surface area contributed by atoms with Crippen LogP contribution in [0.3, 0.4) is 0 Å². The summed E-state index contributed by atoms with van der Waals surface area (Å²) >= 11 is 1.55. The highest BCUT2D eigenvalue weighted by Crippen LogP contribution is 2.02. The summed E-state index contributed by atoms with van der Waals surface area (Å²) in [5.41, 5.74) is 0. The van der Waals surface area contributed by atoms with Gasteiger partial charge in [0, 0.05) is 11.8 Å². The molecular weight excluding hydrogens is 248 g/mol. The van der Waals surface area contributed by atoms with Crippen molar-refractivity contribution in [3.8, 4) is 0 Å². The van der Waals surface area contributed by atoms with Crippen LogP contribution in [0.25, 0.3) is 0 Å². The number of nitrogens with one attached hydrogen (secondary N) is 2. The number of urea groups is 1. The summed E-state index contributed by atoms with van der Waals surface area (Å²) in [6.45, 7) is 2.28. The Bertz CT molecular complexity index is 297. The standard InChI is InChI=1S/C9H16N2O5S/c1-5(17-2)4-10-9(16)11-6(8(14)15)3-7(12)13/h5-6H,3-4H2,1-2H3,(H,12,13)(H,14,15)(H2,10,11,16). The van der Waals surface area contributed by atoms with Crippen molar-refractivity contribution in [1.82, 2.24) is 10.6 Å². The average molecular weight is 264 g/mol. The molecule has 2 atom stereocenters. The average Bonchev–Trinajstić information content (AvgIpc) is 2.24. The molecule has 4 N–H and O–H groups in total. The summed E-state index contributed by atoms with van der Waals surface area (Å²) in [7, 11) is 0. The molecule has 0 aromatic carbocycles. The van der Waals surface area contributed by atoms with Crippen LogP contribution in [0, 0.1) is 0 Å². The minimum absolute atomic E-state index is 0.198. The quantitative estimate of drug-likeness (QED) is 0.513. The first-order valence-electron chi connectivity index (χ1n) is 4.88. The third-order valence-electron chi connectivity index (χ3n) is 1.93. The van der Waals surface area contributed by atoms with Gasteiger partial charge < -0.3 is 20.8 Å². The number of hydrogen-bond acceptors (Lipinski definition) is 4. The molecule has 0 radical (unpaired) electrons. The summed E-state index contributed by atoms with van der Waals surface area (Å²) in [5.74, 6) is -2.66. The molecule has 0 spiro atoms. The molecule has 17 heavy (non-hydrogen) atoms. The van der Waals surface area contributed by atoms with Crippen molar-refractivity contribution >= 4 is 29.7 Å². The fourth-order valence-electron chi connectivity index (χ4n) is 0.904. The first-order valence-corrected chi connectivity index (χ1v) is 6.17. The van der Waals surface area contributed by atoms with Crippen LogP contribution in [0.4, 0.5) is 4.79 Å². The number of hydrogen-bond donors (Lipinski definition) is 4. The van der Waals surface area contributed by atoms with Gasteiger partial charge in [0.15, 0.2) is 0 Å². The van der Waals surface area contributed by atoms with Gasteiger partial charge in [-0.05, 0) is 6.26 Å². The van der Waals surface area contributed by atoms with E-state index in [9.17, 15) is 14.4 Å². The van der Waals surface area contributed by atoms with E-state index < -0.39 is 30.4 Å². The molecule has 0 aliphatic carbocycles. The lowest BCUT2D eigenvalue weighted by molar-refractivity contribution is -0.145. The van der Waals surface area contributed by atoms with Gasteiger partial charge in [-0.15, -0.1) is 0 Å². The van der Waals surface area contributed by atoms with Gasteiger partial charge in [0.2, 0.25) is 0 Å². The van der Waals surface area contributed by atoms with Gasteiger partial charge in [0.1, 0.15) is 6.04 Å². The molecule has 0 aliphatic rings. The van der Waals surface area contributed by atoms with Crippen LogP contribution in [-0.4, -0.2) is 52.3 Å². The fourth-order valence-corrected chi connectivity index (χ4v) is 1.15. The molecule has 2 unspecified atom stereocenters. The Morgan fingerprint density at radius 3 is 2.29 bits per heavy atom. The van der Waals surface area contributed by atoms with E-state index in [0.717, 1.165) is 0 Å². The number of rotatable bonds is 7. The predicted octanol–water partition coefficient (Wildman–Crippen LogP) is -0.0350. The number of amides is 2. The van der Waals surface area contributed by atoms with Crippen LogP contribution in [0.15, 0.2) is 0 Å². The first-order chi connectivity index (χ1) is 7.86. The van der Waals surface area contributed by atoms with Crippen LogP contribution in [-0.2, 0) is 9.59 Å². The van der Waals surface area contributed by atoms with Crippen molar-refractivity contribution in [3.63, 3.8) is 0 Å². The van der Waals surface area contributed by atoms with Gasteiger partial charge >= 0.3 is 18.0 Å². The molecule has 0 aromatic rings. The molecule has 7 nitrogen and oxygen atoms in total. The van der Waals surface area contributed by atoms with Crippen molar-refractivity contribution in [1.29, 1.82) is 0 Å². The Labute approximate surface area is 103 Å². The van der Waals surface area contributed by atoms with E-state index in [1.54, 1.807) is 11.8 Å². The van der Waals surface area contributed by atoms with Gasteiger partial charge in [-0.25, -0.2) is 9.59 Å². The smallest absolute Gasteiger partial charge is 0.326 e. The largest absolute Gasteiger partial charge is 0.481 e. The van der Waals surface area contributed by atoms with E-state index in [0.29, 0.717) is 6.54 Å². The Hall–Kier alpha value is -1.44. The lowest BCUT2D eigenvalue weighted by atomic mass is 10.2. The van der Waals surface area contributed by atoms with Gasteiger partial charge in [0.05, 0.1) is 6.42 Å². The Kier molecular flexibility index (Phi) is 7.11. The summed E-state index contributed by atoms with van der Waals surface area (Å²) in [4.78, 5) is 32.3. The number of carbonyl (C=O) groups excluding carboxylic acids is 1.